The highest BCUT2D eigenvalue weighted by Crippen LogP contribution is 2.12. The van der Waals surface area contributed by atoms with Gasteiger partial charge in [0.25, 0.3) is 0 Å². The number of nitrogens with one attached hydrogen (secondary N) is 1. The number of hydrogen-bond donors (Lipinski definition) is 1. The zero-order chi connectivity index (χ0) is 13.5. The Labute approximate surface area is 116 Å². The molecule has 0 aliphatic carbocycles. The Kier molecular flexibility index (Phi) is 6.07. The first-order chi connectivity index (χ1) is 9.31. The van der Waals surface area contributed by atoms with Crippen LogP contribution in [0, 0.1) is 0 Å². The van der Waals surface area contributed by atoms with Crippen LogP contribution in [0.3, 0.4) is 0 Å². The molecule has 0 unspecified atom stereocenters. The van der Waals surface area contributed by atoms with Gasteiger partial charge in [-0.05, 0) is 32.4 Å². The SMILES string of the molecule is COCCN1CCCN(C(=O)[C@H]2CCCCN2)CC1. The molecule has 0 aromatic heterocycles. The van der Waals surface area contributed by atoms with Crippen molar-refractivity contribution >= 4 is 5.91 Å². The van der Waals surface area contributed by atoms with E-state index in [1.165, 1.54) is 12.8 Å². The Bertz CT molecular complexity index is 280. The maximum atomic E-state index is 12.4. The van der Waals surface area contributed by atoms with Gasteiger partial charge in [-0.2, -0.15) is 0 Å². The van der Waals surface area contributed by atoms with Crippen molar-refractivity contribution in [3.05, 3.63) is 0 Å². The van der Waals surface area contributed by atoms with Crippen molar-refractivity contribution in [3.8, 4) is 0 Å². The summed E-state index contributed by atoms with van der Waals surface area (Å²) in [6.45, 7) is 6.55. The second-order valence-electron chi connectivity index (χ2n) is 5.52. The number of methoxy groups -OCH3 is 1. The summed E-state index contributed by atoms with van der Waals surface area (Å²) in [7, 11) is 1.74. The highest BCUT2D eigenvalue weighted by molar-refractivity contribution is 5.82. The fourth-order valence-corrected chi connectivity index (χ4v) is 2.92. The lowest BCUT2D eigenvalue weighted by Crippen LogP contribution is -2.49. The molecule has 1 N–H and O–H groups in total. The first-order valence-corrected chi connectivity index (χ1v) is 7.54. The van der Waals surface area contributed by atoms with Gasteiger partial charge in [0.15, 0.2) is 0 Å². The van der Waals surface area contributed by atoms with Crippen molar-refractivity contribution in [2.75, 3.05) is 53.0 Å². The largest absolute Gasteiger partial charge is 0.383 e. The fourth-order valence-electron chi connectivity index (χ4n) is 2.92. The average molecular weight is 269 g/mol. The van der Waals surface area contributed by atoms with E-state index in [1.54, 1.807) is 7.11 Å². The molecule has 0 saturated carbocycles. The van der Waals surface area contributed by atoms with E-state index in [4.69, 9.17) is 4.74 Å². The van der Waals surface area contributed by atoms with Crippen LogP contribution in [0.1, 0.15) is 25.7 Å². The van der Waals surface area contributed by atoms with Crippen LogP contribution in [0.4, 0.5) is 0 Å². The molecule has 2 aliphatic heterocycles. The molecular formula is C14H27N3O2. The number of hydrogen-bond acceptors (Lipinski definition) is 4. The summed E-state index contributed by atoms with van der Waals surface area (Å²) < 4.78 is 5.12. The van der Waals surface area contributed by atoms with Crippen LogP contribution < -0.4 is 5.32 Å². The van der Waals surface area contributed by atoms with Gasteiger partial charge in [-0.1, -0.05) is 6.42 Å². The second-order valence-corrected chi connectivity index (χ2v) is 5.52. The Morgan fingerprint density at radius 2 is 2.11 bits per heavy atom. The number of piperidine rings is 1. The van der Waals surface area contributed by atoms with E-state index in [-0.39, 0.29) is 6.04 Å². The summed E-state index contributed by atoms with van der Waals surface area (Å²) in [5, 5.41) is 3.36. The van der Waals surface area contributed by atoms with Crippen LogP contribution in [0.15, 0.2) is 0 Å². The van der Waals surface area contributed by atoms with E-state index < -0.39 is 0 Å². The smallest absolute Gasteiger partial charge is 0.239 e. The minimum atomic E-state index is 0.0688. The lowest BCUT2D eigenvalue weighted by molar-refractivity contribution is -0.133. The first kappa shape index (κ1) is 14.8. The van der Waals surface area contributed by atoms with E-state index in [2.05, 4.69) is 15.1 Å². The molecule has 1 atom stereocenters. The van der Waals surface area contributed by atoms with E-state index in [1.807, 2.05) is 0 Å². The number of ether oxygens (including phenoxy) is 1. The van der Waals surface area contributed by atoms with Crippen molar-refractivity contribution in [3.63, 3.8) is 0 Å². The number of amides is 1. The predicted molar refractivity (Wildman–Crippen MR) is 75.2 cm³/mol. The fraction of sp³-hybridized carbons (Fsp3) is 0.929. The van der Waals surface area contributed by atoms with Crippen molar-refractivity contribution in [2.24, 2.45) is 0 Å². The molecule has 0 bridgehead atoms. The minimum absolute atomic E-state index is 0.0688. The zero-order valence-corrected chi connectivity index (χ0v) is 12.1. The first-order valence-electron chi connectivity index (χ1n) is 7.54. The molecule has 1 amide bonds. The summed E-state index contributed by atoms with van der Waals surface area (Å²) in [6.07, 6.45) is 4.46. The highest BCUT2D eigenvalue weighted by atomic mass is 16.5. The third kappa shape index (κ3) is 4.44. The van der Waals surface area contributed by atoms with Gasteiger partial charge in [0.1, 0.15) is 0 Å². The molecule has 0 aromatic rings. The normalized spacial score (nSPS) is 26.2. The van der Waals surface area contributed by atoms with Crippen molar-refractivity contribution in [1.82, 2.24) is 15.1 Å². The van der Waals surface area contributed by atoms with Gasteiger partial charge in [-0.3, -0.25) is 9.69 Å². The summed E-state index contributed by atoms with van der Waals surface area (Å²) in [4.78, 5) is 16.9. The maximum absolute atomic E-state index is 12.4. The molecule has 2 heterocycles. The van der Waals surface area contributed by atoms with Crippen LogP contribution in [0.25, 0.3) is 0 Å². The molecular weight excluding hydrogens is 242 g/mol. The second kappa shape index (κ2) is 7.82. The Morgan fingerprint density at radius 1 is 1.21 bits per heavy atom. The van der Waals surface area contributed by atoms with Gasteiger partial charge >= 0.3 is 0 Å². The van der Waals surface area contributed by atoms with Crippen molar-refractivity contribution < 1.29 is 9.53 Å². The third-order valence-corrected chi connectivity index (χ3v) is 4.12. The van der Waals surface area contributed by atoms with Gasteiger partial charge in [-0.25, -0.2) is 0 Å². The zero-order valence-electron chi connectivity index (χ0n) is 12.1. The maximum Gasteiger partial charge on any atom is 0.239 e. The van der Waals surface area contributed by atoms with Crippen LogP contribution in [-0.4, -0.2) is 74.7 Å². The molecule has 110 valence electrons. The number of rotatable bonds is 4. The van der Waals surface area contributed by atoms with Gasteiger partial charge in [0, 0.05) is 33.3 Å². The number of carbonyl (C=O) groups excluding carboxylic acids is 1. The Morgan fingerprint density at radius 3 is 2.84 bits per heavy atom. The van der Waals surface area contributed by atoms with Gasteiger partial charge in [0.05, 0.1) is 12.6 Å². The monoisotopic (exact) mass is 269 g/mol. The van der Waals surface area contributed by atoms with Crippen molar-refractivity contribution in [1.29, 1.82) is 0 Å². The summed E-state index contributed by atoms with van der Waals surface area (Å²) in [5.74, 6) is 0.313. The molecule has 2 saturated heterocycles. The van der Waals surface area contributed by atoms with E-state index in [0.29, 0.717) is 5.91 Å². The van der Waals surface area contributed by atoms with Gasteiger partial charge < -0.3 is 15.0 Å². The molecule has 5 heteroatoms. The van der Waals surface area contributed by atoms with E-state index in [0.717, 1.165) is 58.7 Å². The topological polar surface area (TPSA) is 44.8 Å². The average Bonchev–Trinajstić information content (AvgIpc) is 2.71. The van der Waals surface area contributed by atoms with Crippen LogP contribution in [-0.2, 0) is 9.53 Å². The molecule has 5 nitrogen and oxygen atoms in total. The van der Waals surface area contributed by atoms with Crippen LogP contribution >= 0.6 is 0 Å². The quantitative estimate of drug-likeness (QED) is 0.798. The van der Waals surface area contributed by atoms with Gasteiger partial charge in [-0.15, -0.1) is 0 Å². The number of carbonyl (C=O) groups is 1. The molecule has 2 fully saturated rings. The Balaban J connectivity index is 1.79. The number of nitrogens with zero attached hydrogens (tertiary/aromatic N) is 2. The van der Waals surface area contributed by atoms with Gasteiger partial charge in [0.2, 0.25) is 5.91 Å². The lowest BCUT2D eigenvalue weighted by Gasteiger charge is -2.29. The van der Waals surface area contributed by atoms with E-state index >= 15 is 0 Å². The summed E-state index contributed by atoms with van der Waals surface area (Å²) in [5.41, 5.74) is 0. The molecule has 2 aliphatic rings. The molecule has 2 rings (SSSR count). The standard InChI is InChI=1S/C14H27N3O2/c1-19-12-11-16-7-4-8-17(10-9-16)14(18)13-5-2-3-6-15-13/h13,15H,2-12H2,1H3/t13-/m1/s1. The Hall–Kier alpha value is -0.650. The lowest BCUT2D eigenvalue weighted by atomic mass is 10.0. The third-order valence-electron chi connectivity index (χ3n) is 4.12. The van der Waals surface area contributed by atoms with Crippen molar-refractivity contribution in [2.45, 2.75) is 31.7 Å². The molecule has 19 heavy (non-hydrogen) atoms. The summed E-state index contributed by atoms with van der Waals surface area (Å²) >= 11 is 0. The minimum Gasteiger partial charge on any atom is -0.383 e. The van der Waals surface area contributed by atoms with Crippen LogP contribution in [0.5, 0.6) is 0 Å². The van der Waals surface area contributed by atoms with Crippen LogP contribution in [0.2, 0.25) is 0 Å². The molecule has 0 aromatic carbocycles. The highest BCUT2D eigenvalue weighted by Gasteiger charge is 2.26. The molecule has 0 radical (unpaired) electrons. The summed E-state index contributed by atoms with van der Waals surface area (Å²) in [6, 6.07) is 0.0688. The van der Waals surface area contributed by atoms with E-state index in [9.17, 15) is 4.79 Å². The molecule has 0 spiro atoms. The predicted octanol–water partition coefficient (Wildman–Crippen LogP) is 0.309.